The first-order chi connectivity index (χ1) is 8.60. The second-order valence-electron chi connectivity index (χ2n) is 3.73. The number of rotatable bonds is 9. The zero-order valence-electron chi connectivity index (χ0n) is 10.2. The largest absolute Gasteiger partial charge is 0.440 e. The van der Waals surface area contributed by atoms with Crippen molar-refractivity contribution in [3.63, 3.8) is 0 Å². The Kier molecular flexibility index (Phi) is 6.03. The molecule has 0 saturated carbocycles. The van der Waals surface area contributed by atoms with E-state index >= 15 is 0 Å². The zero-order chi connectivity index (χ0) is 13.4. The standard InChI is InChI=1S/C11H17NO5S/c1-16-8-4-2-3-7-12-18(14,15)11-6-5-10(9-13)17-11/h5-6,9,12H,2-4,7-8H2,1H3. The summed E-state index contributed by atoms with van der Waals surface area (Å²) >= 11 is 0. The molecule has 1 rings (SSSR count). The first kappa shape index (κ1) is 14.9. The van der Waals surface area contributed by atoms with Crippen LogP contribution < -0.4 is 4.72 Å². The lowest BCUT2D eigenvalue weighted by molar-refractivity contribution is 0.109. The second-order valence-corrected chi connectivity index (χ2v) is 5.42. The number of carbonyl (C=O) groups is 1. The van der Waals surface area contributed by atoms with Crippen LogP contribution in [0.4, 0.5) is 0 Å². The Balaban J connectivity index is 2.38. The van der Waals surface area contributed by atoms with Gasteiger partial charge in [-0.05, 0) is 31.4 Å². The Morgan fingerprint density at radius 1 is 1.33 bits per heavy atom. The van der Waals surface area contributed by atoms with Crippen molar-refractivity contribution < 1.29 is 22.4 Å². The molecule has 0 radical (unpaired) electrons. The summed E-state index contributed by atoms with van der Waals surface area (Å²) in [4.78, 5) is 10.4. The first-order valence-corrected chi connectivity index (χ1v) is 7.12. The molecule has 0 aliphatic carbocycles. The lowest BCUT2D eigenvalue weighted by atomic mass is 10.2. The summed E-state index contributed by atoms with van der Waals surface area (Å²) in [5.74, 6) is -0.00419. The number of nitrogens with one attached hydrogen (secondary N) is 1. The van der Waals surface area contributed by atoms with Crippen molar-refractivity contribution in [2.45, 2.75) is 24.4 Å². The quantitative estimate of drug-likeness (QED) is 0.540. The average Bonchev–Trinajstić information content (AvgIpc) is 2.83. The van der Waals surface area contributed by atoms with Crippen LogP contribution >= 0.6 is 0 Å². The first-order valence-electron chi connectivity index (χ1n) is 5.64. The summed E-state index contributed by atoms with van der Waals surface area (Å²) in [7, 11) is -2.02. The topological polar surface area (TPSA) is 85.6 Å². The molecule has 0 spiro atoms. The number of sulfonamides is 1. The minimum Gasteiger partial charge on any atom is -0.440 e. The number of methoxy groups -OCH3 is 1. The fraction of sp³-hybridized carbons (Fsp3) is 0.545. The van der Waals surface area contributed by atoms with E-state index < -0.39 is 10.0 Å². The molecular weight excluding hydrogens is 258 g/mol. The van der Waals surface area contributed by atoms with E-state index in [0.717, 1.165) is 19.3 Å². The number of unbranched alkanes of at least 4 members (excludes halogenated alkanes) is 2. The van der Waals surface area contributed by atoms with Gasteiger partial charge in [0.2, 0.25) is 5.09 Å². The van der Waals surface area contributed by atoms with Gasteiger partial charge in [-0.25, -0.2) is 13.1 Å². The number of carbonyl (C=O) groups excluding carboxylic acids is 1. The van der Waals surface area contributed by atoms with Gasteiger partial charge in [-0.2, -0.15) is 0 Å². The molecular formula is C11H17NO5S. The number of hydrogen-bond donors (Lipinski definition) is 1. The molecule has 7 heteroatoms. The normalized spacial score (nSPS) is 11.6. The van der Waals surface area contributed by atoms with Crippen molar-refractivity contribution in [2.24, 2.45) is 0 Å². The van der Waals surface area contributed by atoms with E-state index in [0.29, 0.717) is 19.4 Å². The van der Waals surface area contributed by atoms with Gasteiger partial charge in [0, 0.05) is 20.3 Å². The molecule has 1 aromatic heterocycles. The van der Waals surface area contributed by atoms with E-state index in [-0.39, 0.29) is 10.9 Å². The van der Waals surface area contributed by atoms with E-state index in [2.05, 4.69) is 4.72 Å². The van der Waals surface area contributed by atoms with Crippen molar-refractivity contribution in [1.29, 1.82) is 0 Å². The molecule has 1 heterocycles. The molecule has 0 fully saturated rings. The van der Waals surface area contributed by atoms with Gasteiger partial charge in [0.05, 0.1) is 0 Å². The Labute approximate surface area is 106 Å². The van der Waals surface area contributed by atoms with E-state index in [1.54, 1.807) is 7.11 Å². The van der Waals surface area contributed by atoms with Crippen molar-refractivity contribution >= 4 is 16.3 Å². The minimum atomic E-state index is -3.65. The maximum Gasteiger partial charge on any atom is 0.273 e. The van der Waals surface area contributed by atoms with Crippen LogP contribution in [0, 0.1) is 0 Å². The zero-order valence-corrected chi connectivity index (χ0v) is 11.0. The maximum atomic E-state index is 11.7. The van der Waals surface area contributed by atoms with Crippen LogP contribution in [-0.4, -0.2) is 35.0 Å². The highest BCUT2D eigenvalue weighted by atomic mass is 32.2. The third kappa shape index (κ3) is 4.59. The monoisotopic (exact) mass is 275 g/mol. The predicted molar refractivity (Wildman–Crippen MR) is 65.0 cm³/mol. The van der Waals surface area contributed by atoms with Gasteiger partial charge in [0.1, 0.15) is 0 Å². The number of furan rings is 1. The van der Waals surface area contributed by atoms with Crippen LogP contribution in [0.2, 0.25) is 0 Å². The molecule has 0 unspecified atom stereocenters. The van der Waals surface area contributed by atoms with Gasteiger partial charge in [-0.1, -0.05) is 0 Å². The van der Waals surface area contributed by atoms with Gasteiger partial charge >= 0.3 is 0 Å². The van der Waals surface area contributed by atoms with Gasteiger partial charge in [-0.15, -0.1) is 0 Å². The Morgan fingerprint density at radius 3 is 2.72 bits per heavy atom. The summed E-state index contributed by atoms with van der Waals surface area (Å²) in [6.45, 7) is 1.01. The summed E-state index contributed by atoms with van der Waals surface area (Å²) < 4.78 is 35.6. The molecule has 0 aliphatic heterocycles. The third-order valence-electron chi connectivity index (χ3n) is 2.30. The number of aldehydes is 1. The predicted octanol–water partition coefficient (Wildman–Crippen LogP) is 1.19. The number of hydrogen-bond acceptors (Lipinski definition) is 5. The second kappa shape index (κ2) is 7.30. The van der Waals surface area contributed by atoms with Gasteiger partial charge in [0.15, 0.2) is 12.0 Å². The van der Waals surface area contributed by atoms with Crippen LogP contribution in [0.25, 0.3) is 0 Å². The molecule has 1 aromatic rings. The van der Waals surface area contributed by atoms with Crippen molar-refractivity contribution in [3.8, 4) is 0 Å². The van der Waals surface area contributed by atoms with E-state index in [1.165, 1.54) is 12.1 Å². The summed E-state index contributed by atoms with van der Waals surface area (Å²) in [5, 5.41) is -0.235. The van der Waals surface area contributed by atoms with Crippen LogP contribution in [0.1, 0.15) is 29.8 Å². The van der Waals surface area contributed by atoms with Crippen LogP contribution in [0.15, 0.2) is 21.6 Å². The lowest BCUT2D eigenvalue weighted by Crippen LogP contribution is -2.24. The molecule has 1 N–H and O–H groups in total. The van der Waals surface area contributed by atoms with Crippen molar-refractivity contribution in [1.82, 2.24) is 4.72 Å². The molecule has 6 nitrogen and oxygen atoms in total. The highest BCUT2D eigenvalue weighted by molar-refractivity contribution is 7.89. The lowest BCUT2D eigenvalue weighted by Gasteiger charge is -2.03. The fourth-order valence-electron chi connectivity index (χ4n) is 1.37. The summed E-state index contributed by atoms with van der Waals surface area (Å²) in [6, 6.07) is 2.58. The molecule has 0 aromatic carbocycles. The van der Waals surface area contributed by atoms with Crippen molar-refractivity contribution in [3.05, 3.63) is 17.9 Å². The van der Waals surface area contributed by atoms with Gasteiger partial charge in [-0.3, -0.25) is 4.79 Å². The van der Waals surface area contributed by atoms with E-state index in [9.17, 15) is 13.2 Å². The van der Waals surface area contributed by atoms with Crippen molar-refractivity contribution in [2.75, 3.05) is 20.3 Å². The van der Waals surface area contributed by atoms with Gasteiger partial charge < -0.3 is 9.15 Å². The molecule has 0 atom stereocenters. The smallest absolute Gasteiger partial charge is 0.273 e. The Morgan fingerprint density at radius 2 is 2.11 bits per heavy atom. The number of ether oxygens (including phenoxy) is 1. The molecule has 0 amide bonds. The Hall–Kier alpha value is -1.18. The van der Waals surface area contributed by atoms with Crippen LogP contribution in [0.5, 0.6) is 0 Å². The maximum absolute atomic E-state index is 11.7. The summed E-state index contributed by atoms with van der Waals surface area (Å²) in [5.41, 5.74) is 0. The fourth-order valence-corrected chi connectivity index (χ4v) is 2.38. The van der Waals surface area contributed by atoms with Crippen LogP contribution in [0.3, 0.4) is 0 Å². The minimum absolute atomic E-state index is 0.00419. The van der Waals surface area contributed by atoms with E-state index in [1.807, 2.05) is 0 Å². The average molecular weight is 275 g/mol. The van der Waals surface area contributed by atoms with E-state index in [4.69, 9.17) is 9.15 Å². The Bertz CT molecular complexity index is 466. The molecule has 0 aliphatic rings. The molecule has 0 bridgehead atoms. The highest BCUT2D eigenvalue weighted by Gasteiger charge is 2.17. The molecule has 0 saturated heterocycles. The van der Waals surface area contributed by atoms with Gasteiger partial charge in [0.25, 0.3) is 10.0 Å². The highest BCUT2D eigenvalue weighted by Crippen LogP contribution is 2.12. The molecule has 18 heavy (non-hydrogen) atoms. The summed E-state index contributed by atoms with van der Waals surface area (Å²) in [6.07, 6.45) is 2.97. The SMILES string of the molecule is COCCCCCNS(=O)(=O)c1ccc(C=O)o1. The molecule has 102 valence electrons. The third-order valence-corrected chi connectivity index (χ3v) is 3.63. The van der Waals surface area contributed by atoms with Crippen LogP contribution in [-0.2, 0) is 14.8 Å².